The Morgan fingerprint density at radius 3 is 2.52 bits per heavy atom. The molecule has 0 saturated carbocycles. The number of aryl methyl sites for hydroxylation is 4. The van der Waals surface area contributed by atoms with E-state index >= 15 is 0 Å². The van der Waals surface area contributed by atoms with Gasteiger partial charge in [-0.2, -0.15) is 0 Å². The number of ketones is 1. The first-order valence-electron chi connectivity index (χ1n) is 8.44. The van der Waals surface area contributed by atoms with Crippen molar-refractivity contribution in [2.24, 2.45) is 0 Å². The van der Waals surface area contributed by atoms with Crippen LogP contribution in [0.1, 0.15) is 43.2 Å². The number of Topliss-reactive ketones (excluding diaryl/α,β-unsaturated/α-hetero) is 1. The number of aromatic nitrogens is 1. The lowest BCUT2D eigenvalue weighted by Crippen LogP contribution is -2.15. The first-order chi connectivity index (χ1) is 12.0. The number of aromatic amines is 1. The highest BCUT2D eigenvalue weighted by Crippen LogP contribution is 2.33. The van der Waals surface area contributed by atoms with Gasteiger partial charge in [-0.15, -0.1) is 0 Å². The van der Waals surface area contributed by atoms with Gasteiger partial charge in [-0.05, 0) is 60.7 Å². The zero-order valence-electron chi connectivity index (χ0n) is 14.3. The summed E-state index contributed by atoms with van der Waals surface area (Å²) in [7, 11) is 0. The number of carbonyl (C=O) groups is 2. The molecule has 1 aromatic heterocycles. The molecule has 1 aliphatic carbocycles. The fraction of sp³-hybridized carbons (Fsp3) is 0.238. The van der Waals surface area contributed by atoms with Crippen molar-refractivity contribution >= 4 is 22.5 Å². The van der Waals surface area contributed by atoms with E-state index in [0.717, 1.165) is 29.6 Å². The van der Waals surface area contributed by atoms with Gasteiger partial charge in [0.2, 0.25) is 5.78 Å². The number of nitrogens with one attached hydrogen (secondary N) is 1. The molecule has 0 unspecified atom stereocenters. The molecule has 126 valence electrons. The minimum absolute atomic E-state index is 0.193. The van der Waals surface area contributed by atoms with E-state index < -0.39 is 5.97 Å². The van der Waals surface area contributed by atoms with Gasteiger partial charge < -0.3 is 9.72 Å². The summed E-state index contributed by atoms with van der Waals surface area (Å²) in [5, 5.41) is 2.08. The van der Waals surface area contributed by atoms with Crippen LogP contribution in [0.25, 0.3) is 10.8 Å². The number of rotatable bonds is 4. The van der Waals surface area contributed by atoms with E-state index in [0.29, 0.717) is 11.1 Å². The molecule has 0 fully saturated rings. The van der Waals surface area contributed by atoms with E-state index in [1.165, 1.54) is 16.5 Å². The zero-order chi connectivity index (χ0) is 17.6. The molecule has 0 atom stereocenters. The van der Waals surface area contributed by atoms with Crippen LogP contribution < -0.4 is 0 Å². The van der Waals surface area contributed by atoms with Crippen molar-refractivity contribution in [2.75, 3.05) is 6.61 Å². The summed E-state index contributed by atoms with van der Waals surface area (Å²) in [6.07, 6.45) is 2.02. The number of hydrogen-bond donors (Lipinski definition) is 1. The Morgan fingerprint density at radius 2 is 1.80 bits per heavy atom. The number of H-pyrrole nitrogens is 1. The lowest BCUT2D eigenvalue weighted by atomic mass is 10.00. The monoisotopic (exact) mass is 333 g/mol. The van der Waals surface area contributed by atoms with E-state index in [1.807, 2.05) is 38.1 Å². The van der Waals surface area contributed by atoms with Crippen LogP contribution >= 0.6 is 0 Å². The summed E-state index contributed by atoms with van der Waals surface area (Å²) in [6, 6.07) is 11.6. The molecule has 4 heteroatoms. The minimum Gasteiger partial charge on any atom is -0.454 e. The van der Waals surface area contributed by atoms with Crippen molar-refractivity contribution in [3.05, 3.63) is 70.0 Å². The van der Waals surface area contributed by atoms with Crippen LogP contribution in [0.4, 0.5) is 0 Å². The number of esters is 1. The highest BCUT2D eigenvalue weighted by molar-refractivity contribution is 6.08. The Morgan fingerprint density at radius 1 is 1.04 bits per heavy atom. The highest BCUT2D eigenvalue weighted by Gasteiger charge is 2.20. The maximum Gasteiger partial charge on any atom is 0.339 e. The Hall–Kier alpha value is -2.88. The van der Waals surface area contributed by atoms with E-state index in [-0.39, 0.29) is 12.4 Å². The maximum absolute atomic E-state index is 12.5. The van der Waals surface area contributed by atoms with Crippen LogP contribution in [-0.2, 0) is 17.6 Å². The van der Waals surface area contributed by atoms with Crippen LogP contribution in [0.15, 0.2) is 36.4 Å². The number of ether oxygens (including phenoxy) is 1. The van der Waals surface area contributed by atoms with Gasteiger partial charge >= 0.3 is 5.97 Å². The average molecular weight is 333 g/mol. The van der Waals surface area contributed by atoms with Gasteiger partial charge in [0.25, 0.3) is 0 Å². The SMILES string of the molecule is Cc1cc(C(=O)COC(=O)c2ccc3c4c(cccc24)CC3)c(C)[nH]1. The lowest BCUT2D eigenvalue weighted by molar-refractivity contribution is 0.0476. The largest absolute Gasteiger partial charge is 0.454 e. The van der Waals surface area contributed by atoms with E-state index in [1.54, 1.807) is 6.07 Å². The molecule has 4 rings (SSSR count). The van der Waals surface area contributed by atoms with Crippen molar-refractivity contribution in [3.8, 4) is 0 Å². The molecule has 0 amide bonds. The first kappa shape index (κ1) is 15.6. The third-order valence-electron chi connectivity index (χ3n) is 4.88. The fourth-order valence-corrected chi connectivity index (χ4v) is 3.72. The summed E-state index contributed by atoms with van der Waals surface area (Å²) in [5.74, 6) is -0.644. The number of hydrogen-bond acceptors (Lipinski definition) is 3. The topological polar surface area (TPSA) is 59.2 Å². The normalized spacial score (nSPS) is 12.6. The van der Waals surface area contributed by atoms with Crippen molar-refractivity contribution in [2.45, 2.75) is 26.7 Å². The Bertz CT molecular complexity index is 1000. The standard InChI is InChI=1S/C21H19NO3/c1-12-10-18(13(2)22-12)19(23)11-25-21(24)17-9-8-15-7-6-14-4-3-5-16(17)20(14)15/h3-5,8-10,22H,6-7,11H2,1-2H3. The summed E-state index contributed by atoms with van der Waals surface area (Å²) in [6.45, 7) is 3.48. The predicted octanol–water partition coefficient (Wildman–Crippen LogP) is 3.92. The van der Waals surface area contributed by atoms with Gasteiger partial charge in [-0.25, -0.2) is 4.79 Å². The van der Waals surface area contributed by atoms with Crippen LogP contribution in [0, 0.1) is 13.8 Å². The van der Waals surface area contributed by atoms with Crippen molar-refractivity contribution < 1.29 is 14.3 Å². The van der Waals surface area contributed by atoms with Gasteiger partial charge in [0.15, 0.2) is 6.61 Å². The van der Waals surface area contributed by atoms with Gasteiger partial charge in [0, 0.05) is 17.0 Å². The van der Waals surface area contributed by atoms with Gasteiger partial charge in [-0.1, -0.05) is 24.3 Å². The Balaban J connectivity index is 1.57. The molecule has 1 N–H and O–H groups in total. The van der Waals surface area contributed by atoms with E-state index in [9.17, 15) is 9.59 Å². The molecule has 4 nitrogen and oxygen atoms in total. The molecule has 25 heavy (non-hydrogen) atoms. The Kier molecular flexibility index (Phi) is 3.68. The smallest absolute Gasteiger partial charge is 0.339 e. The van der Waals surface area contributed by atoms with Crippen molar-refractivity contribution in [3.63, 3.8) is 0 Å². The molecule has 0 saturated heterocycles. The number of benzene rings is 2. The lowest BCUT2D eigenvalue weighted by Gasteiger charge is -2.09. The Labute approximate surface area is 145 Å². The second kappa shape index (κ2) is 5.88. The van der Waals surface area contributed by atoms with Crippen molar-refractivity contribution in [1.29, 1.82) is 0 Å². The quantitative estimate of drug-likeness (QED) is 0.581. The van der Waals surface area contributed by atoms with Gasteiger partial charge in [0.05, 0.1) is 5.56 Å². The van der Waals surface area contributed by atoms with Crippen LogP contribution in [0.3, 0.4) is 0 Å². The van der Waals surface area contributed by atoms with Crippen LogP contribution in [-0.4, -0.2) is 23.3 Å². The zero-order valence-corrected chi connectivity index (χ0v) is 14.3. The maximum atomic E-state index is 12.5. The number of carbonyl (C=O) groups excluding carboxylic acids is 2. The summed E-state index contributed by atoms with van der Waals surface area (Å²) in [5.41, 5.74) is 5.36. The first-order valence-corrected chi connectivity index (χ1v) is 8.44. The second-order valence-electron chi connectivity index (χ2n) is 6.60. The van der Waals surface area contributed by atoms with Gasteiger partial charge in [-0.3, -0.25) is 4.79 Å². The predicted molar refractivity (Wildman–Crippen MR) is 96.2 cm³/mol. The summed E-state index contributed by atoms with van der Waals surface area (Å²) < 4.78 is 5.31. The molecule has 0 bridgehead atoms. The van der Waals surface area contributed by atoms with Crippen molar-refractivity contribution in [1.82, 2.24) is 4.98 Å². The fourth-order valence-electron chi connectivity index (χ4n) is 3.72. The van der Waals surface area contributed by atoms with E-state index in [2.05, 4.69) is 11.1 Å². The summed E-state index contributed by atoms with van der Waals surface area (Å²) in [4.78, 5) is 27.9. The molecule has 0 aliphatic heterocycles. The van der Waals surface area contributed by atoms with Gasteiger partial charge in [0.1, 0.15) is 0 Å². The van der Waals surface area contributed by atoms with Crippen LogP contribution in [0.2, 0.25) is 0 Å². The molecule has 0 spiro atoms. The molecule has 1 heterocycles. The second-order valence-corrected chi connectivity index (χ2v) is 6.60. The molecular weight excluding hydrogens is 314 g/mol. The minimum atomic E-state index is -0.450. The molecule has 1 aliphatic rings. The summed E-state index contributed by atoms with van der Waals surface area (Å²) >= 11 is 0. The molecule has 3 aromatic rings. The molecular formula is C21H19NO3. The average Bonchev–Trinajstić information content (AvgIpc) is 3.17. The third kappa shape index (κ3) is 2.64. The van der Waals surface area contributed by atoms with Crippen LogP contribution in [0.5, 0.6) is 0 Å². The highest BCUT2D eigenvalue weighted by atomic mass is 16.5. The molecule has 2 aromatic carbocycles. The third-order valence-corrected chi connectivity index (χ3v) is 4.88. The molecule has 0 radical (unpaired) electrons. The van der Waals surface area contributed by atoms with E-state index in [4.69, 9.17) is 4.74 Å².